The monoisotopic (exact) mass is 659 g/mol. The molecule has 238 valence electrons. The van der Waals surface area contributed by atoms with Crippen LogP contribution in [-0.4, -0.2) is 79.6 Å². The highest BCUT2D eigenvalue weighted by molar-refractivity contribution is 7.22. The van der Waals surface area contributed by atoms with Crippen LogP contribution in [0.4, 0.5) is 9.93 Å². The number of aryl methyl sites for hydroxylation is 1. The largest absolute Gasteiger partial charge is 0.508 e. The van der Waals surface area contributed by atoms with Crippen LogP contribution in [0.5, 0.6) is 5.75 Å². The number of thiazole rings is 1. The van der Waals surface area contributed by atoms with Crippen molar-refractivity contribution in [3.8, 4) is 5.75 Å². The number of phenols is 1. The molecule has 4 aromatic rings. The van der Waals surface area contributed by atoms with Gasteiger partial charge in [0.25, 0.3) is 0 Å². The van der Waals surface area contributed by atoms with Crippen LogP contribution in [-0.2, 0) is 29.1 Å². The van der Waals surface area contributed by atoms with Crippen LogP contribution >= 0.6 is 22.9 Å². The highest BCUT2D eigenvalue weighted by Gasteiger charge is 2.52. The van der Waals surface area contributed by atoms with Gasteiger partial charge >= 0.3 is 6.03 Å². The number of carbonyl (C=O) groups excluding carboxylic acids is 3. The van der Waals surface area contributed by atoms with Crippen molar-refractivity contribution in [3.05, 3.63) is 101 Å². The topological polar surface area (TPSA) is 135 Å². The van der Waals surface area contributed by atoms with Crippen molar-refractivity contribution in [2.24, 2.45) is 0 Å². The Hall–Kier alpha value is -4.65. The Bertz CT molecular complexity index is 1810. The molecule has 0 bridgehead atoms. The number of fused-ring (bicyclic) bond motifs is 2. The third-order valence-electron chi connectivity index (χ3n) is 8.32. The van der Waals surface area contributed by atoms with E-state index in [1.54, 1.807) is 51.2 Å². The zero-order valence-corrected chi connectivity index (χ0v) is 26.8. The van der Waals surface area contributed by atoms with Gasteiger partial charge in [0.15, 0.2) is 5.13 Å². The molecule has 2 saturated heterocycles. The van der Waals surface area contributed by atoms with Crippen molar-refractivity contribution in [3.63, 3.8) is 0 Å². The molecule has 2 aliphatic heterocycles. The number of benzene rings is 3. The second-order valence-electron chi connectivity index (χ2n) is 11.4. The molecule has 2 aliphatic rings. The van der Waals surface area contributed by atoms with Crippen LogP contribution in [0.3, 0.4) is 0 Å². The van der Waals surface area contributed by atoms with Gasteiger partial charge in [-0.1, -0.05) is 65.4 Å². The summed E-state index contributed by atoms with van der Waals surface area (Å²) in [5, 5.41) is 17.1. The van der Waals surface area contributed by atoms with Gasteiger partial charge < -0.3 is 26.0 Å². The molecule has 4 N–H and O–H groups in total. The maximum absolute atomic E-state index is 14.2. The van der Waals surface area contributed by atoms with Gasteiger partial charge in [-0.3, -0.25) is 14.6 Å². The molecule has 0 spiro atoms. The van der Waals surface area contributed by atoms with Crippen LogP contribution in [0.15, 0.2) is 73.3 Å². The molecule has 46 heavy (non-hydrogen) atoms. The average molecular weight is 660 g/mol. The molecule has 0 saturated carbocycles. The number of hydrazine groups is 1. The third kappa shape index (κ3) is 6.23. The molecule has 3 heterocycles. The molecule has 4 amide bonds. The fraction of sp³-hybridized carbons (Fsp3) is 0.273. The van der Waals surface area contributed by atoms with Gasteiger partial charge in [-0.05, 0) is 53.4 Å². The number of nitrogens with two attached hydrogens (primary N) is 1. The number of aromatic nitrogens is 1. The Morgan fingerprint density at radius 3 is 2.70 bits per heavy atom. The summed E-state index contributed by atoms with van der Waals surface area (Å²) >= 11 is 7.56. The predicted molar refractivity (Wildman–Crippen MR) is 178 cm³/mol. The first-order valence-corrected chi connectivity index (χ1v) is 16.0. The molecular weight excluding hydrogens is 626 g/mol. The smallest absolute Gasteiger partial charge is 0.332 e. The minimum Gasteiger partial charge on any atom is -0.508 e. The first kappa shape index (κ1) is 31.3. The molecular formula is C33H34ClN7O4S. The van der Waals surface area contributed by atoms with Crippen molar-refractivity contribution in [2.45, 2.75) is 38.6 Å². The number of hydrogen-bond donors (Lipinski definition) is 3. The van der Waals surface area contributed by atoms with E-state index in [-0.39, 0.29) is 56.7 Å². The van der Waals surface area contributed by atoms with Crippen molar-refractivity contribution in [1.82, 2.24) is 30.1 Å². The molecule has 1 aromatic heterocycles. The number of halogens is 1. The van der Waals surface area contributed by atoms with Gasteiger partial charge in [0.05, 0.1) is 29.9 Å². The zero-order valence-electron chi connectivity index (χ0n) is 25.2. The second kappa shape index (κ2) is 13.0. The Labute approximate surface area is 275 Å². The first-order valence-electron chi connectivity index (χ1n) is 14.8. The normalized spacial score (nSPS) is 18.2. The minimum atomic E-state index is -0.828. The number of nitrogens with zero attached hydrogens (tertiary/aromatic N) is 5. The molecule has 13 heteroatoms. The number of hydrogen-bond acceptors (Lipinski definition) is 8. The van der Waals surface area contributed by atoms with E-state index in [0.717, 1.165) is 32.5 Å². The Morgan fingerprint density at radius 2 is 1.96 bits per heavy atom. The fourth-order valence-corrected chi connectivity index (χ4v) is 7.01. The van der Waals surface area contributed by atoms with Gasteiger partial charge in [0.1, 0.15) is 18.0 Å². The van der Waals surface area contributed by atoms with Gasteiger partial charge in [-0.25, -0.2) is 9.78 Å². The van der Waals surface area contributed by atoms with Crippen molar-refractivity contribution in [1.29, 1.82) is 0 Å². The molecule has 3 aromatic carbocycles. The number of amides is 4. The van der Waals surface area contributed by atoms with E-state index in [2.05, 4.69) is 16.9 Å². The number of carbonyl (C=O) groups is 3. The van der Waals surface area contributed by atoms with Gasteiger partial charge in [0, 0.05) is 24.5 Å². The Balaban J connectivity index is 1.31. The number of piperazine rings is 1. The lowest BCUT2D eigenvalue weighted by molar-refractivity contribution is -0.157. The fourth-order valence-electron chi connectivity index (χ4n) is 6.11. The first-order chi connectivity index (χ1) is 22.1. The summed E-state index contributed by atoms with van der Waals surface area (Å²) in [6, 6.07) is 16.7. The standard InChI is InChI=1S/C33H34ClN7O4S/c1-3-13-39(33(45)36-16-22-9-12-25(34)20(2)14-22)40-19-29(43)41-26(15-21-7-10-24(42)11-8-21)31(44)38(18-28(40)41)17-23-5-4-6-27-30(23)37-32(35)46-27/h3-12,14,26,28,42H,1,13,15-19H2,2H3,(H2,35,37)(H,36,45)/t26-,28+/m0/s1. The summed E-state index contributed by atoms with van der Waals surface area (Å²) in [6.45, 7) is 6.49. The number of para-hydroxylation sites is 1. The Morgan fingerprint density at radius 1 is 1.20 bits per heavy atom. The molecule has 0 unspecified atom stereocenters. The van der Waals surface area contributed by atoms with E-state index in [9.17, 15) is 19.5 Å². The maximum Gasteiger partial charge on any atom is 0.332 e. The lowest BCUT2D eigenvalue weighted by Crippen LogP contribution is -2.66. The van der Waals surface area contributed by atoms with E-state index in [0.29, 0.717) is 10.2 Å². The van der Waals surface area contributed by atoms with E-state index < -0.39 is 18.2 Å². The summed E-state index contributed by atoms with van der Waals surface area (Å²) in [5.41, 5.74) is 10.2. The van der Waals surface area contributed by atoms with Crippen molar-refractivity contribution < 1.29 is 19.5 Å². The predicted octanol–water partition coefficient (Wildman–Crippen LogP) is 4.28. The summed E-state index contributed by atoms with van der Waals surface area (Å²) in [5.74, 6) is -0.360. The SMILES string of the molecule is C=CCN(C(=O)NCc1ccc(Cl)c(C)c1)N1CC(=O)N2[C@@H](Cc3ccc(O)cc3)C(=O)N(Cc3cccc4sc(N)nc34)C[C@@H]21. The average Bonchev–Trinajstić information content (AvgIpc) is 3.58. The van der Waals surface area contributed by atoms with E-state index >= 15 is 0 Å². The molecule has 2 atom stereocenters. The summed E-state index contributed by atoms with van der Waals surface area (Å²) < 4.78 is 0.920. The van der Waals surface area contributed by atoms with Crippen LogP contribution in [0, 0.1) is 6.92 Å². The van der Waals surface area contributed by atoms with Crippen molar-refractivity contribution >= 4 is 56.1 Å². The number of phenolic OH excluding ortho intramolecular Hbond substituents is 1. The van der Waals surface area contributed by atoms with Gasteiger partial charge in [0.2, 0.25) is 11.8 Å². The van der Waals surface area contributed by atoms with Crippen LogP contribution in [0.25, 0.3) is 10.2 Å². The van der Waals surface area contributed by atoms with Crippen LogP contribution in [0.2, 0.25) is 5.02 Å². The van der Waals surface area contributed by atoms with Crippen LogP contribution < -0.4 is 11.1 Å². The zero-order chi connectivity index (χ0) is 32.5. The summed E-state index contributed by atoms with van der Waals surface area (Å²) in [7, 11) is 0. The van der Waals surface area contributed by atoms with Gasteiger partial charge in [-0.15, -0.1) is 6.58 Å². The quantitative estimate of drug-likeness (QED) is 0.228. The second-order valence-corrected chi connectivity index (χ2v) is 12.9. The molecule has 11 nitrogen and oxygen atoms in total. The van der Waals surface area contributed by atoms with Crippen molar-refractivity contribution in [2.75, 3.05) is 25.4 Å². The number of aromatic hydroxyl groups is 1. The highest BCUT2D eigenvalue weighted by atomic mass is 35.5. The number of urea groups is 1. The lowest BCUT2D eigenvalue weighted by Gasteiger charge is -2.46. The minimum absolute atomic E-state index is 0.0859. The number of rotatable bonds is 9. The van der Waals surface area contributed by atoms with Gasteiger partial charge in [-0.2, -0.15) is 5.01 Å². The third-order valence-corrected chi connectivity index (χ3v) is 9.60. The molecule has 0 radical (unpaired) electrons. The summed E-state index contributed by atoms with van der Waals surface area (Å²) in [6.07, 6.45) is 1.23. The number of nitrogens with one attached hydrogen (secondary N) is 1. The maximum atomic E-state index is 14.2. The molecule has 2 fully saturated rings. The lowest BCUT2D eigenvalue weighted by atomic mass is 9.99. The van der Waals surface area contributed by atoms with Crippen LogP contribution in [0.1, 0.15) is 22.3 Å². The molecule has 0 aliphatic carbocycles. The van der Waals surface area contributed by atoms with E-state index in [1.165, 1.54) is 16.3 Å². The van der Waals surface area contributed by atoms with E-state index in [1.807, 2.05) is 37.3 Å². The Kier molecular flexibility index (Phi) is 8.85. The number of anilines is 1. The summed E-state index contributed by atoms with van der Waals surface area (Å²) in [4.78, 5) is 49.4. The molecule has 6 rings (SSSR count). The number of nitrogen functional groups attached to an aromatic ring is 1. The highest BCUT2D eigenvalue weighted by Crippen LogP contribution is 2.32. The van der Waals surface area contributed by atoms with E-state index in [4.69, 9.17) is 17.3 Å².